The Morgan fingerprint density at radius 2 is 1.96 bits per heavy atom. The predicted molar refractivity (Wildman–Crippen MR) is 101 cm³/mol. The molecule has 0 atom stereocenters. The van der Waals surface area contributed by atoms with Gasteiger partial charge in [-0.25, -0.2) is 0 Å². The molecule has 0 bridgehead atoms. The van der Waals surface area contributed by atoms with Crippen molar-refractivity contribution < 1.29 is 14.3 Å². The molecule has 1 fully saturated rings. The zero-order valence-corrected chi connectivity index (χ0v) is 14.8. The van der Waals surface area contributed by atoms with E-state index in [-0.39, 0.29) is 5.91 Å². The first-order valence-corrected chi connectivity index (χ1v) is 9.27. The molecule has 26 heavy (non-hydrogen) atoms. The van der Waals surface area contributed by atoms with E-state index in [1.807, 2.05) is 53.4 Å². The van der Waals surface area contributed by atoms with Crippen molar-refractivity contribution in [3.63, 3.8) is 0 Å². The summed E-state index contributed by atoms with van der Waals surface area (Å²) in [6.07, 6.45) is 1.95. The Kier molecular flexibility index (Phi) is 4.95. The fraction of sp³-hybridized carbons (Fsp3) is 0.381. The van der Waals surface area contributed by atoms with Crippen molar-refractivity contribution in [3.8, 4) is 11.5 Å². The minimum atomic E-state index is 0.0996. The third-order valence-corrected chi connectivity index (χ3v) is 5.03. The van der Waals surface area contributed by atoms with Crippen molar-refractivity contribution in [1.29, 1.82) is 0 Å². The summed E-state index contributed by atoms with van der Waals surface area (Å²) in [5.41, 5.74) is 1.63. The maximum absolute atomic E-state index is 12.8. The van der Waals surface area contributed by atoms with Gasteiger partial charge in [-0.3, -0.25) is 4.79 Å². The number of carbonyl (C=O) groups is 1. The van der Waals surface area contributed by atoms with Gasteiger partial charge in [-0.05, 0) is 49.1 Å². The smallest absolute Gasteiger partial charge is 0.253 e. The minimum absolute atomic E-state index is 0.0996. The summed E-state index contributed by atoms with van der Waals surface area (Å²) in [7, 11) is 0. The Balaban J connectivity index is 1.31. The molecule has 2 heterocycles. The van der Waals surface area contributed by atoms with Crippen LogP contribution in [0.2, 0.25) is 0 Å². The summed E-state index contributed by atoms with van der Waals surface area (Å²) >= 11 is 0. The van der Waals surface area contributed by atoms with Gasteiger partial charge in [0.25, 0.3) is 5.91 Å². The van der Waals surface area contributed by atoms with Crippen LogP contribution in [0.25, 0.3) is 0 Å². The van der Waals surface area contributed by atoms with Gasteiger partial charge in [-0.1, -0.05) is 18.2 Å². The fourth-order valence-corrected chi connectivity index (χ4v) is 3.49. The van der Waals surface area contributed by atoms with E-state index in [4.69, 9.17) is 9.47 Å². The van der Waals surface area contributed by atoms with Crippen LogP contribution in [-0.4, -0.2) is 43.7 Å². The van der Waals surface area contributed by atoms with Crippen LogP contribution >= 0.6 is 0 Å². The Labute approximate surface area is 153 Å². The Morgan fingerprint density at radius 1 is 1.15 bits per heavy atom. The van der Waals surface area contributed by atoms with Crippen molar-refractivity contribution in [2.24, 2.45) is 5.92 Å². The molecule has 5 heteroatoms. The van der Waals surface area contributed by atoms with E-state index < -0.39 is 0 Å². The van der Waals surface area contributed by atoms with Crippen molar-refractivity contribution >= 4 is 11.6 Å². The molecule has 4 rings (SSSR count). The Morgan fingerprint density at radius 3 is 2.77 bits per heavy atom. The summed E-state index contributed by atoms with van der Waals surface area (Å²) in [6.45, 7) is 3.72. The van der Waals surface area contributed by atoms with Crippen molar-refractivity contribution in [2.75, 3.05) is 38.2 Å². The number of piperidine rings is 1. The molecular formula is C21H24N2O3. The minimum Gasteiger partial charge on any atom is -0.493 e. The van der Waals surface area contributed by atoms with E-state index in [9.17, 15) is 4.79 Å². The van der Waals surface area contributed by atoms with Gasteiger partial charge in [0.2, 0.25) is 0 Å². The highest BCUT2D eigenvalue weighted by Gasteiger charge is 2.25. The number of carbonyl (C=O) groups excluding carboxylic acids is 1. The van der Waals surface area contributed by atoms with Crippen LogP contribution in [0.4, 0.5) is 5.69 Å². The highest BCUT2D eigenvalue weighted by atomic mass is 16.5. The van der Waals surface area contributed by atoms with Gasteiger partial charge in [0.1, 0.15) is 18.1 Å². The average Bonchev–Trinajstić information content (AvgIpc) is 2.72. The molecule has 2 aliphatic rings. The van der Waals surface area contributed by atoms with Crippen LogP contribution in [0.3, 0.4) is 0 Å². The van der Waals surface area contributed by atoms with E-state index >= 15 is 0 Å². The van der Waals surface area contributed by atoms with Crippen LogP contribution in [0.5, 0.6) is 11.5 Å². The van der Waals surface area contributed by atoms with Crippen molar-refractivity contribution in [1.82, 2.24) is 4.90 Å². The lowest BCUT2D eigenvalue weighted by molar-refractivity contribution is 0.0661. The molecule has 0 unspecified atom stereocenters. The number of hydrogen-bond acceptors (Lipinski definition) is 4. The molecule has 0 spiro atoms. The summed E-state index contributed by atoms with van der Waals surface area (Å²) in [5, 5.41) is 3.29. The Hall–Kier alpha value is -2.69. The fourth-order valence-electron chi connectivity index (χ4n) is 3.49. The third-order valence-electron chi connectivity index (χ3n) is 5.03. The zero-order chi connectivity index (χ0) is 17.8. The molecule has 1 saturated heterocycles. The second kappa shape index (κ2) is 7.68. The lowest BCUT2D eigenvalue weighted by Gasteiger charge is -2.32. The second-order valence-corrected chi connectivity index (χ2v) is 6.85. The number of nitrogens with one attached hydrogen (secondary N) is 1. The molecule has 0 aliphatic carbocycles. The topological polar surface area (TPSA) is 50.8 Å². The van der Waals surface area contributed by atoms with Crippen molar-refractivity contribution in [2.45, 2.75) is 12.8 Å². The second-order valence-electron chi connectivity index (χ2n) is 6.85. The van der Waals surface area contributed by atoms with E-state index in [2.05, 4.69) is 5.32 Å². The highest BCUT2D eigenvalue weighted by molar-refractivity contribution is 5.95. The molecule has 0 aromatic heterocycles. The van der Waals surface area contributed by atoms with Crippen LogP contribution in [-0.2, 0) is 0 Å². The summed E-state index contributed by atoms with van der Waals surface area (Å²) < 4.78 is 11.4. The van der Waals surface area contributed by atoms with Gasteiger partial charge >= 0.3 is 0 Å². The largest absolute Gasteiger partial charge is 0.493 e. The molecule has 0 radical (unpaired) electrons. The summed E-state index contributed by atoms with van der Waals surface area (Å²) in [5.74, 6) is 2.33. The van der Waals surface area contributed by atoms with Crippen LogP contribution in [0.1, 0.15) is 23.2 Å². The normalized spacial score (nSPS) is 17.0. The summed E-state index contributed by atoms with van der Waals surface area (Å²) in [6, 6.07) is 15.6. The Bertz CT molecular complexity index is 755. The summed E-state index contributed by atoms with van der Waals surface area (Å²) in [4.78, 5) is 14.7. The first-order chi connectivity index (χ1) is 12.8. The standard InChI is InChI=1S/C21H24N2O3/c24-21(17-6-7-20-19(14-17)22-10-13-25-20)23-11-8-16(9-12-23)15-26-18-4-2-1-3-5-18/h1-7,14,16,22H,8-13,15H2. The highest BCUT2D eigenvalue weighted by Crippen LogP contribution is 2.29. The van der Waals surface area contributed by atoms with Crippen LogP contribution < -0.4 is 14.8 Å². The molecule has 2 aromatic rings. The molecule has 0 saturated carbocycles. The first-order valence-electron chi connectivity index (χ1n) is 9.27. The molecule has 5 nitrogen and oxygen atoms in total. The van der Waals surface area contributed by atoms with Crippen LogP contribution in [0, 0.1) is 5.92 Å². The number of rotatable bonds is 4. The lowest BCUT2D eigenvalue weighted by atomic mass is 9.97. The van der Waals surface area contributed by atoms with E-state index in [1.54, 1.807) is 0 Å². The van der Waals surface area contributed by atoms with Gasteiger partial charge in [0.15, 0.2) is 0 Å². The van der Waals surface area contributed by atoms with Gasteiger partial charge in [0, 0.05) is 25.2 Å². The maximum Gasteiger partial charge on any atom is 0.253 e. The number of nitrogens with zero attached hydrogens (tertiary/aromatic N) is 1. The quantitative estimate of drug-likeness (QED) is 0.916. The van der Waals surface area contributed by atoms with E-state index in [0.717, 1.165) is 55.2 Å². The van der Waals surface area contributed by atoms with Crippen LogP contribution in [0.15, 0.2) is 48.5 Å². The predicted octanol–water partition coefficient (Wildman–Crippen LogP) is 3.42. The van der Waals surface area contributed by atoms with E-state index in [1.165, 1.54) is 0 Å². The van der Waals surface area contributed by atoms with Gasteiger partial charge in [0.05, 0.1) is 12.3 Å². The molecule has 2 aliphatic heterocycles. The number of amides is 1. The molecule has 2 aromatic carbocycles. The average molecular weight is 352 g/mol. The lowest BCUT2D eigenvalue weighted by Crippen LogP contribution is -2.39. The van der Waals surface area contributed by atoms with Gasteiger partial charge in [-0.15, -0.1) is 0 Å². The SMILES string of the molecule is O=C(c1ccc2c(c1)NCCO2)N1CCC(COc2ccccc2)CC1. The number of likely N-dealkylation sites (tertiary alicyclic amines) is 1. The van der Waals surface area contributed by atoms with Crippen molar-refractivity contribution in [3.05, 3.63) is 54.1 Å². The molecular weight excluding hydrogens is 328 g/mol. The first kappa shape index (κ1) is 16.8. The number of anilines is 1. The number of para-hydroxylation sites is 1. The monoisotopic (exact) mass is 352 g/mol. The number of hydrogen-bond donors (Lipinski definition) is 1. The zero-order valence-electron chi connectivity index (χ0n) is 14.8. The number of fused-ring (bicyclic) bond motifs is 1. The molecule has 1 N–H and O–H groups in total. The molecule has 136 valence electrons. The van der Waals surface area contributed by atoms with E-state index in [0.29, 0.717) is 19.1 Å². The molecule has 1 amide bonds. The maximum atomic E-state index is 12.8. The number of ether oxygens (including phenoxy) is 2. The number of benzene rings is 2. The van der Waals surface area contributed by atoms with Gasteiger partial charge in [-0.2, -0.15) is 0 Å². The third kappa shape index (κ3) is 3.77. The van der Waals surface area contributed by atoms with Gasteiger partial charge < -0.3 is 19.7 Å².